The summed E-state index contributed by atoms with van der Waals surface area (Å²) in [5.74, 6) is -0.945. The second kappa shape index (κ2) is 37.8. The van der Waals surface area contributed by atoms with Crippen molar-refractivity contribution in [1.82, 2.24) is 5.32 Å². The Hall–Kier alpha value is 0.520. The minimum Gasteiger partial charge on any atom is -0.790 e. The van der Waals surface area contributed by atoms with Crippen LogP contribution < -0.4 is 74.2 Å². The van der Waals surface area contributed by atoms with Crippen LogP contribution in [0.4, 0.5) is 0 Å². The number of carbonyl (C=O) groups is 3. The first-order valence-electron chi connectivity index (χ1n) is 17.9. The molecular weight excluding hydrogens is 643 g/mol. The maximum Gasteiger partial charge on any atom is 1.00 e. The van der Waals surface area contributed by atoms with Gasteiger partial charge in [-0.1, -0.05) is 135 Å². The van der Waals surface area contributed by atoms with Gasteiger partial charge in [0.2, 0.25) is 5.91 Å². The molecule has 10 nitrogen and oxygen atoms in total. The molecule has 0 aliphatic heterocycles. The Morgan fingerprint density at radius 2 is 0.979 bits per heavy atom. The summed E-state index contributed by atoms with van der Waals surface area (Å²) in [6.45, 7) is 3.51. The average Bonchev–Trinajstić information content (AvgIpc) is 2.98. The molecule has 266 valence electrons. The SMILES string of the molecule is CCCCCCCCCCCCCC(=O)O[C@H](COC(=O)CCCCCCCCCCCCCCNC(C)=O)COP(=O)([O-])[O-].[Na+].[Na+]. The van der Waals surface area contributed by atoms with Gasteiger partial charge in [-0.05, 0) is 19.3 Å². The van der Waals surface area contributed by atoms with Crippen LogP contribution in [0.3, 0.4) is 0 Å². The van der Waals surface area contributed by atoms with Crippen LogP contribution in [0.15, 0.2) is 0 Å². The molecule has 0 aromatic rings. The van der Waals surface area contributed by atoms with E-state index in [9.17, 15) is 28.7 Å². The minimum atomic E-state index is -5.25. The fraction of sp³-hybridized carbons (Fsp3) is 0.912. The molecule has 0 saturated carbocycles. The van der Waals surface area contributed by atoms with Gasteiger partial charge in [0.15, 0.2) is 6.10 Å². The van der Waals surface area contributed by atoms with Crippen LogP contribution >= 0.6 is 7.82 Å². The van der Waals surface area contributed by atoms with E-state index in [1.807, 2.05) is 0 Å². The molecule has 0 unspecified atom stereocenters. The summed E-state index contributed by atoms with van der Waals surface area (Å²) in [5.41, 5.74) is 0. The Morgan fingerprint density at radius 1 is 0.596 bits per heavy atom. The molecule has 0 aromatic carbocycles. The van der Waals surface area contributed by atoms with Crippen LogP contribution in [0.1, 0.15) is 174 Å². The van der Waals surface area contributed by atoms with Gasteiger partial charge in [0.1, 0.15) is 6.61 Å². The average molecular weight is 708 g/mol. The van der Waals surface area contributed by atoms with Crippen molar-refractivity contribution in [1.29, 1.82) is 0 Å². The van der Waals surface area contributed by atoms with Gasteiger partial charge < -0.3 is 33.7 Å². The van der Waals surface area contributed by atoms with Crippen LogP contribution in [-0.2, 0) is 32.9 Å². The molecule has 0 saturated heterocycles. The van der Waals surface area contributed by atoms with Crippen LogP contribution in [0.25, 0.3) is 0 Å². The van der Waals surface area contributed by atoms with Gasteiger partial charge >= 0.3 is 71.1 Å². The van der Waals surface area contributed by atoms with E-state index >= 15 is 0 Å². The molecule has 0 spiro atoms. The van der Waals surface area contributed by atoms with Gasteiger partial charge in [0.05, 0.1) is 14.4 Å². The minimum absolute atomic E-state index is 0. The predicted octanol–water partition coefficient (Wildman–Crippen LogP) is 1.20. The largest absolute Gasteiger partial charge is 1.00 e. The topological polar surface area (TPSA) is 154 Å². The van der Waals surface area contributed by atoms with Crippen molar-refractivity contribution in [3.63, 3.8) is 0 Å². The molecule has 0 fully saturated rings. The summed E-state index contributed by atoms with van der Waals surface area (Å²) in [5, 5.41) is 2.82. The third-order valence-corrected chi connectivity index (χ3v) is 8.28. The van der Waals surface area contributed by atoms with Gasteiger partial charge in [0.25, 0.3) is 0 Å². The molecule has 13 heteroatoms. The number of phosphoric ester groups is 1. The maximum absolute atomic E-state index is 12.3. The van der Waals surface area contributed by atoms with Gasteiger partial charge in [0, 0.05) is 26.3 Å². The zero-order valence-electron chi connectivity index (χ0n) is 30.5. The van der Waals surface area contributed by atoms with Crippen molar-refractivity contribution in [2.24, 2.45) is 0 Å². The van der Waals surface area contributed by atoms with E-state index in [2.05, 4.69) is 16.8 Å². The first-order valence-corrected chi connectivity index (χ1v) is 19.4. The van der Waals surface area contributed by atoms with E-state index in [4.69, 9.17) is 9.47 Å². The van der Waals surface area contributed by atoms with Crippen molar-refractivity contribution in [2.75, 3.05) is 19.8 Å². The van der Waals surface area contributed by atoms with Crippen LogP contribution in [0.5, 0.6) is 0 Å². The smallest absolute Gasteiger partial charge is 0.790 e. The van der Waals surface area contributed by atoms with Crippen LogP contribution in [0.2, 0.25) is 0 Å². The number of unbranched alkanes of at least 4 members (excludes halogenated alkanes) is 21. The fourth-order valence-corrected chi connectivity index (χ4v) is 5.50. The first-order chi connectivity index (χ1) is 21.6. The van der Waals surface area contributed by atoms with Crippen molar-refractivity contribution < 1.29 is 102 Å². The van der Waals surface area contributed by atoms with Crippen molar-refractivity contribution in [3.8, 4) is 0 Å². The van der Waals surface area contributed by atoms with E-state index in [0.717, 1.165) is 57.9 Å². The molecule has 47 heavy (non-hydrogen) atoms. The molecule has 1 atom stereocenters. The molecule has 0 aliphatic rings. The Bertz CT molecular complexity index is 787. The number of hydrogen-bond donors (Lipinski definition) is 1. The summed E-state index contributed by atoms with van der Waals surface area (Å²) >= 11 is 0. The van der Waals surface area contributed by atoms with E-state index in [0.29, 0.717) is 12.8 Å². The van der Waals surface area contributed by atoms with Gasteiger partial charge in [-0.15, -0.1) is 0 Å². The van der Waals surface area contributed by atoms with Crippen molar-refractivity contribution in [3.05, 3.63) is 0 Å². The number of ether oxygens (including phenoxy) is 2. The second-order valence-electron chi connectivity index (χ2n) is 12.3. The molecule has 0 rings (SSSR count). The monoisotopic (exact) mass is 707 g/mol. The Labute approximate surface area is 330 Å². The molecule has 0 radical (unpaired) electrons. The summed E-state index contributed by atoms with van der Waals surface area (Å²) < 4.78 is 25.7. The molecular formula is C34H64NNa2O9P. The summed E-state index contributed by atoms with van der Waals surface area (Å²) in [7, 11) is -5.25. The molecule has 0 aromatic heterocycles. The number of carbonyl (C=O) groups excluding carboxylic acids is 3. The predicted molar refractivity (Wildman–Crippen MR) is 174 cm³/mol. The number of amides is 1. The van der Waals surface area contributed by atoms with E-state index in [-0.39, 0.29) is 84.5 Å². The standard InChI is InChI=1S/C34H66NO9P.2Na/c1-3-4-5-6-7-8-11-15-18-21-24-27-34(38)44-32(30-43-45(39,40)41)29-42-33(37)26-23-20-17-14-12-9-10-13-16-19-22-25-28-35-31(2)36;;/h32H,3-30H2,1-2H3,(H,35,36)(H2,39,40,41);;/q;2*+1/p-2/t32-;;/m1../s1. The zero-order chi connectivity index (χ0) is 33.4. The molecule has 0 heterocycles. The molecule has 0 aliphatic carbocycles. The van der Waals surface area contributed by atoms with Crippen molar-refractivity contribution in [2.45, 2.75) is 180 Å². The second-order valence-corrected chi connectivity index (χ2v) is 13.5. The summed E-state index contributed by atoms with van der Waals surface area (Å²) in [6.07, 6.45) is 25.3. The van der Waals surface area contributed by atoms with E-state index < -0.39 is 32.5 Å². The quantitative estimate of drug-likeness (QED) is 0.0459. The third kappa shape index (κ3) is 42.6. The van der Waals surface area contributed by atoms with E-state index in [1.165, 1.54) is 83.5 Å². The number of nitrogens with one attached hydrogen (secondary N) is 1. The number of rotatable bonds is 33. The molecule has 0 bridgehead atoms. The maximum atomic E-state index is 12.3. The van der Waals surface area contributed by atoms with Crippen LogP contribution in [0, 0.1) is 0 Å². The Morgan fingerprint density at radius 3 is 1.38 bits per heavy atom. The fourth-order valence-electron chi connectivity index (χ4n) is 5.15. The van der Waals surface area contributed by atoms with Gasteiger partial charge in [-0.25, -0.2) is 0 Å². The van der Waals surface area contributed by atoms with Gasteiger partial charge in [-0.2, -0.15) is 0 Å². The Balaban J connectivity index is -0.00000968. The number of hydrogen-bond acceptors (Lipinski definition) is 9. The zero-order valence-corrected chi connectivity index (χ0v) is 35.4. The number of esters is 2. The third-order valence-electron chi connectivity index (χ3n) is 7.81. The summed E-state index contributed by atoms with van der Waals surface area (Å²) in [4.78, 5) is 57.1. The van der Waals surface area contributed by atoms with E-state index in [1.54, 1.807) is 6.92 Å². The van der Waals surface area contributed by atoms with Crippen LogP contribution in [-0.4, -0.2) is 43.7 Å². The molecule has 1 N–H and O–H groups in total. The molecule has 1 amide bonds. The first kappa shape index (κ1) is 51.9. The summed E-state index contributed by atoms with van der Waals surface area (Å²) in [6, 6.07) is 0. The normalized spacial score (nSPS) is 11.7. The Kier molecular flexibility index (Phi) is 41.7. The number of phosphoric acid groups is 1. The van der Waals surface area contributed by atoms with Crippen molar-refractivity contribution >= 4 is 25.7 Å². The van der Waals surface area contributed by atoms with Gasteiger partial charge in [-0.3, -0.25) is 14.4 Å².